The Hall–Kier alpha value is -0.910. The Balaban J connectivity index is 2.64. The lowest BCUT2D eigenvalue weighted by atomic mass is 10.0. The van der Waals surface area contributed by atoms with E-state index in [4.69, 9.17) is 5.73 Å². The lowest BCUT2D eigenvalue weighted by molar-refractivity contribution is -0.271. The lowest BCUT2D eigenvalue weighted by Gasteiger charge is -2.37. The number of carbonyl (C=O) groups is 1. The molecule has 1 amide bonds. The zero-order valence-corrected chi connectivity index (χ0v) is 6.30. The molecule has 4 nitrogen and oxygen atoms in total. The molecule has 12 heavy (non-hydrogen) atoms. The van der Waals surface area contributed by atoms with Crippen molar-refractivity contribution in [2.75, 3.05) is 13.1 Å². The van der Waals surface area contributed by atoms with Gasteiger partial charge in [-0.05, 0) is 0 Å². The molecule has 1 aliphatic heterocycles. The fraction of sp³-hybridized carbons (Fsp3) is 0.833. The van der Waals surface area contributed by atoms with Gasteiger partial charge < -0.3 is 20.5 Å². The third-order valence-corrected chi connectivity index (χ3v) is 1.70. The number of amides is 1. The maximum atomic E-state index is 12.7. The predicted octanol–water partition coefficient (Wildman–Crippen LogP) is -1.00. The molecule has 1 rings (SSSR count). The number of nitrogens with two attached hydrogens (primary N) is 1. The summed E-state index contributed by atoms with van der Waals surface area (Å²) in [5.74, 6) is -3.02. The summed E-state index contributed by atoms with van der Waals surface area (Å²) in [6.45, 7) is -0.874. The molecular formula is C6H9F2N2O2-. The molecule has 1 unspecified atom stereocenters. The van der Waals surface area contributed by atoms with Gasteiger partial charge in [0.2, 0.25) is 0 Å². The van der Waals surface area contributed by atoms with Gasteiger partial charge in [0.15, 0.2) is 0 Å². The van der Waals surface area contributed by atoms with E-state index >= 15 is 0 Å². The minimum absolute atomic E-state index is 0.0715. The molecule has 0 radical (unpaired) electrons. The van der Waals surface area contributed by atoms with Gasteiger partial charge in [0, 0.05) is 19.0 Å². The first-order valence-corrected chi connectivity index (χ1v) is 3.50. The van der Waals surface area contributed by atoms with Gasteiger partial charge in [-0.15, -0.1) is 0 Å². The highest BCUT2D eigenvalue weighted by Gasteiger charge is 2.38. The second-order valence-corrected chi connectivity index (χ2v) is 2.97. The topological polar surface area (TPSA) is 69.4 Å². The minimum atomic E-state index is -3.02. The van der Waals surface area contributed by atoms with Crippen LogP contribution >= 0.6 is 0 Å². The maximum Gasteiger partial charge on any atom is 0.266 e. The van der Waals surface area contributed by atoms with Crippen LogP contribution in [0.4, 0.5) is 13.6 Å². The summed E-state index contributed by atoms with van der Waals surface area (Å²) >= 11 is 0. The summed E-state index contributed by atoms with van der Waals surface area (Å²) in [6, 6.07) is -0.799. The predicted molar refractivity (Wildman–Crippen MR) is 34.5 cm³/mol. The molecule has 0 saturated carbocycles. The third kappa shape index (κ3) is 2.04. The molecule has 70 valence electrons. The molecule has 1 aliphatic rings. The van der Waals surface area contributed by atoms with Crippen molar-refractivity contribution in [3.63, 3.8) is 0 Å². The van der Waals surface area contributed by atoms with Crippen molar-refractivity contribution in [2.45, 2.75) is 18.4 Å². The van der Waals surface area contributed by atoms with Crippen LogP contribution in [0.3, 0.4) is 0 Å². The molecule has 1 heterocycles. The van der Waals surface area contributed by atoms with E-state index in [1.54, 1.807) is 0 Å². The molecule has 0 aliphatic carbocycles. The summed E-state index contributed by atoms with van der Waals surface area (Å²) < 4.78 is 25.3. The van der Waals surface area contributed by atoms with Crippen molar-refractivity contribution in [2.24, 2.45) is 5.73 Å². The van der Waals surface area contributed by atoms with Crippen LogP contribution < -0.4 is 10.8 Å². The van der Waals surface area contributed by atoms with Gasteiger partial charge >= 0.3 is 0 Å². The highest BCUT2D eigenvalue weighted by Crippen LogP contribution is 2.25. The Bertz CT molecular complexity index is 198. The zero-order chi connectivity index (χ0) is 9.35. The van der Waals surface area contributed by atoms with Gasteiger partial charge in [-0.25, -0.2) is 8.78 Å². The van der Waals surface area contributed by atoms with E-state index in [0.717, 1.165) is 0 Å². The summed E-state index contributed by atoms with van der Waals surface area (Å²) in [4.78, 5) is 10.7. The van der Waals surface area contributed by atoms with Crippen molar-refractivity contribution < 1.29 is 18.7 Å². The first kappa shape index (κ1) is 9.18. The highest BCUT2D eigenvalue weighted by atomic mass is 19.3. The maximum absolute atomic E-state index is 12.7. The molecule has 1 atom stereocenters. The van der Waals surface area contributed by atoms with Crippen LogP contribution in [0.15, 0.2) is 0 Å². The van der Waals surface area contributed by atoms with Crippen molar-refractivity contribution in [3.8, 4) is 0 Å². The third-order valence-electron chi connectivity index (χ3n) is 1.70. The Morgan fingerprint density at radius 2 is 2.25 bits per heavy atom. The van der Waals surface area contributed by atoms with E-state index in [2.05, 4.69) is 0 Å². The number of carbonyl (C=O) groups excluding carboxylic acids is 1. The molecule has 0 spiro atoms. The van der Waals surface area contributed by atoms with Crippen molar-refractivity contribution in [3.05, 3.63) is 0 Å². The quantitative estimate of drug-likeness (QED) is 0.518. The summed E-state index contributed by atoms with van der Waals surface area (Å²) in [7, 11) is 0. The molecule has 0 bridgehead atoms. The average Bonchev–Trinajstić information content (AvgIpc) is 1.82. The van der Waals surface area contributed by atoms with Gasteiger partial charge in [0.25, 0.3) is 5.92 Å². The van der Waals surface area contributed by atoms with Gasteiger partial charge in [0.05, 0.1) is 6.54 Å². The molecule has 6 heteroatoms. The van der Waals surface area contributed by atoms with E-state index in [1.165, 1.54) is 0 Å². The van der Waals surface area contributed by atoms with Crippen LogP contribution in [0.25, 0.3) is 0 Å². The minimum Gasteiger partial charge on any atom is -0.530 e. The monoisotopic (exact) mass is 179 g/mol. The fourth-order valence-electron chi connectivity index (χ4n) is 1.28. The van der Waals surface area contributed by atoms with Gasteiger partial charge in [-0.1, -0.05) is 0 Å². The molecular weight excluding hydrogens is 170 g/mol. The molecule has 2 N–H and O–H groups in total. The standard InChI is InChI=1S/C6H10F2N2O2/c7-6(8)1-4(9)2-10(3-6)5(11)12/h4H,1-3,9H2,(H,11,12)/p-1. The van der Waals surface area contributed by atoms with Gasteiger partial charge in [-0.3, -0.25) is 0 Å². The van der Waals surface area contributed by atoms with Crippen LogP contribution in [0.2, 0.25) is 0 Å². The fourth-order valence-corrected chi connectivity index (χ4v) is 1.28. The Morgan fingerprint density at radius 3 is 2.67 bits per heavy atom. The van der Waals surface area contributed by atoms with Crippen molar-refractivity contribution in [1.29, 1.82) is 0 Å². The van der Waals surface area contributed by atoms with E-state index in [9.17, 15) is 18.7 Å². The van der Waals surface area contributed by atoms with Crippen LogP contribution in [-0.2, 0) is 0 Å². The Kier molecular flexibility index (Phi) is 2.18. The number of hydrogen-bond acceptors (Lipinski definition) is 3. The first-order chi connectivity index (χ1) is 5.41. The average molecular weight is 179 g/mol. The van der Waals surface area contributed by atoms with Gasteiger partial charge in [0.1, 0.15) is 6.09 Å². The largest absolute Gasteiger partial charge is 0.530 e. The van der Waals surface area contributed by atoms with E-state index < -0.39 is 31.0 Å². The van der Waals surface area contributed by atoms with E-state index in [1.807, 2.05) is 0 Å². The normalized spacial score (nSPS) is 28.6. The number of halogens is 2. The second-order valence-electron chi connectivity index (χ2n) is 2.97. The molecule has 1 saturated heterocycles. The molecule has 1 fully saturated rings. The van der Waals surface area contributed by atoms with Crippen molar-refractivity contribution >= 4 is 6.09 Å². The lowest BCUT2D eigenvalue weighted by Crippen LogP contribution is -2.57. The van der Waals surface area contributed by atoms with Gasteiger partial charge in [-0.2, -0.15) is 0 Å². The number of alkyl halides is 2. The molecule has 0 aromatic carbocycles. The number of piperidine rings is 1. The molecule has 0 aromatic rings. The number of hydrogen-bond donors (Lipinski definition) is 1. The molecule has 0 aromatic heterocycles. The van der Waals surface area contributed by atoms with Crippen LogP contribution in [0.5, 0.6) is 0 Å². The SMILES string of the molecule is NC1CN(C(=O)[O-])CC(F)(F)C1. The van der Waals surface area contributed by atoms with Crippen LogP contribution in [0, 0.1) is 0 Å². The Morgan fingerprint density at radius 1 is 1.67 bits per heavy atom. The summed E-state index contributed by atoms with van der Waals surface area (Å²) in [6.07, 6.45) is -2.05. The van der Waals surface area contributed by atoms with E-state index in [0.29, 0.717) is 4.90 Å². The number of rotatable bonds is 0. The zero-order valence-electron chi connectivity index (χ0n) is 6.30. The number of likely N-dealkylation sites (tertiary alicyclic amines) is 1. The summed E-state index contributed by atoms with van der Waals surface area (Å²) in [5.41, 5.74) is 5.23. The van der Waals surface area contributed by atoms with Crippen LogP contribution in [0.1, 0.15) is 6.42 Å². The Labute approximate surface area is 67.9 Å². The van der Waals surface area contributed by atoms with Crippen molar-refractivity contribution in [1.82, 2.24) is 4.90 Å². The first-order valence-electron chi connectivity index (χ1n) is 3.50. The smallest absolute Gasteiger partial charge is 0.266 e. The van der Waals surface area contributed by atoms with Crippen LogP contribution in [-0.4, -0.2) is 36.0 Å². The summed E-state index contributed by atoms with van der Waals surface area (Å²) in [5, 5.41) is 10.2. The number of carboxylic acid groups (broad SMARTS) is 1. The highest BCUT2D eigenvalue weighted by molar-refractivity contribution is 5.62. The van der Waals surface area contributed by atoms with E-state index in [-0.39, 0.29) is 6.54 Å². The number of nitrogens with zero attached hydrogens (tertiary/aromatic N) is 1. The second kappa shape index (κ2) is 2.85.